The Morgan fingerprint density at radius 2 is 1.92 bits per heavy atom. The molecule has 0 aromatic heterocycles. The first-order chi connectivity index (χ1) is 6.13. The molecule has 0 heterocycles. The van der Waals surface area contributed by atoms with Gasteiger partial charge < -0.3 is 9.47 Å². The van der Waals surface area contributed by atoms with E-state index >= 15 is 0 Å². The van der Waals surface area contributed by atoms with Crippen LogP contribution in [0.4, 0.5) is 0 Å². The fourth-order valence-electron chi connectivity index (χ4n) is 1.32. The van der Waals surface area contributed by atoms with Gasteiger partial charge in [0.1, 0.15) is 6.79 Å². The minimum atomic E-state index is 0.242. The summed E-state index contributed by atoms with van der Waals surface area (Å²) in [6, 6.07) is 0. The van der Waals surface area contributed by atoms with Gasteiger partial charge in [0, 0.05) is 13.0 Å². The number of hydrogen-bond acceptors (Lipinski definition) is 2. The molecule has 0 saturated carbocycles. The van der Waals surface area contributed by atoms with Gasteiger partial charge in [-0.3, -0.25) is 0 Å². The maximum atomic E-state index is 5.59. The standard InChI is InChI=1S/C10H19IO2/c1-8(2)10(13-7-12-4)9(3)5-6-11/h5-6,8-10H,7H2,1-4H3/b6-5-/t9-,10-/m0/s1. The first-order valence-electron chi connectivity index (χ1n) is 4.50. The molecule has 0 radical (unpaired) electrons. The molecule has 0 spiro atoms. The summed E-state index contributed by atoms with van der Waals surface area (Å²) >= 11 is 2.23. The molecule has 0 fully saturated rings. The Hall–Kier alpha value is 0.390. The molecule has 0 aliphatic rings. The zero-order valence-corrected chi connectivity index (χ0v) is 10.9. The van der Waals surface area contributed by atoms with Crippen molar-refractivity contribution >= 4 is 22.6 Å². The van der Waals surface area contributed by atoms with E-state index in [0.29, 0.717) is 18.6 Å². The lowest BCUT2D eigenvalue weighted by Crippen LogP contribution is -2.27. The van der Waals surface area contributed by atoms with E-state index in [0.717, 1.165) is 0 Å². The summed E-state index contributed by atoms with van der Waals surface area (Å²) in [5.41, 5.74) is 0. The van der Waals surface area contributed by atoms with Gasteiger partial charge in [-0.15, -0.1) is 0 Å². The SMILES string of the molecule is COCO[C@@H](C(C)C)[C@@H](C)/C=C\I. The van der Waals surface area contributed by atoms with Crippen molar-refractivity contribution in [2.75, 3.05) is 13.9 Å². The molecule has 0 aliphatic carbocycles. The fraction of sp³-hybridized carbons (Fsp3) is 0.800. The summed E-state index contributed by atoms with van der Waals surface area (Å²) < 4.78 is 12.5. The normalized spacial score (nSPS) is 16.8. The van der Waals surface area contributed by atoms with E-state index in [2.05, 4.69) is 49.4 Å². The third-order valence-corrected chi connectivity index (χ3v) is 2.35. The van der Waals surface area contributed by atoms with E-state index in [1.807, 2.05) is 4.08 Å². The van der Waals surface area contributed by atoms with Gasteiger partial charge in [0.15, 0.2) is 0 Å². The molecule has 0 aromatic rings. The Bertz CT molecular complexity index is 146. The van der Waals surface area contributed by atoms with E-state index in [1.54, 1.807) is 7.11 Å². The van der Waals surface area contributed by atoms with Gasteiger partial charge in [-0.1, -0.05) is 49.4 Å². The molecule has 0 unspecified atom stereocenters. The van der Waals surface area contributed by atoms with Crippen LogP contribution in [0.5, 0.6) is 0 Å². The smallest absolute Gasteiger partial charge is 0.146 e. The second-order valence-electron chi connectivity index (χ2n) is 3.46. The highest BCUT2D eigenvalue weighted by Gasteiger charge is 2.19. The van der Waals surface area contributed by atoms with Crippen LogP contribution >= 0.6 is 22.6 Å². The second-order valence-corrected chi connectivity index (χ2v) is 4.18. The lowest BCUT2D eigenvalue weighted by atomic mass is 9.95. The third-order valence-electron chi connectivity index (χ3n) is 1.93. The van der Waals surface area contributed by atoms with Crippen LogP contribution in [0.15, 0.2) is 10.2 Å². The number of ether oxygens (including phenoxy) is 2. The maximum Gasteiger partial charge on any atom is 0.146 e. The number of rotatable bonds is 6. The molecule has 0 aromatic carbocycles. The molecule has 2 atom stereocenters. The molecule has 0 saturated heterocycles. The average Bonchev–Trinajstić information content (AvgIpc) is 2.05. The van der Waals surface area contributed by atoms with Gasteiger partial charge in [-0.05, 0) is 10.0 Å². The van der Waals surface area contributed by atoms with Crippen LogP contribution < -0.4 is 0 Å². The van der Waals surface area contributed by atoms with Crippen molar-refractivity contribution in [1.29, 1.82) is 0 Å². The third kappa shape index (κ3) is 5.65. The molecular weight excluding hydrogens is 279 g/mol. The molecular formula is C10H19IO2. The summed E-state index contributed by atoms with van der Waals surface area (Å²) in [7, 11) is 1.65. The van der Waals surface area contributed by atoms with E-state index in [1.165, 1.54) is 0 Å². The summed E-state index contributed by atoms with van der Waals surface area (Å²) in [5, 5.41) is 0. The largest absolute Gasteiger partial charge is 0.359 e. The molecule has 3 heteroatoms. The summed E-state index contributed by atoms with van der Waals surface area (Å²) in [6.07, 6.45) is 2.40. The first-order valence-corrected chi connectivity index (χ1v) is 5.75. The summed E-state index contributed by atoms with van der Waals surface area (Å²) in [4.78, 5) is 0. The van der Waals surface area contributed by atoms with Crippen LogP contribution in [0.25, 0.3) is 0 Å². The highest BCUT2D eigenvalue weighted by Crippen LogP contribution is 2.18. The number of halogens is 1. The van der Waals surface area contributed by atoms with Crippen LogP contribution in [0, 0.1) is 11.8 Å². The predicted octanol–water partition coefficient (Wildman–Crippen LogP) is 3.22. The zero-order chi connectivity index (χ0) is 10.3. The van der Waals surface area contributed by atoms with E-state index in [9.17, 15) is 0 Å². The van der Waals surface area contributed by atoms with Crippen molar-refractivity contribution < 1.29 is 9.47 Å². The second kappa shape index (κ2) is 7.76. The van der Waals surface area contributed by atoms with Crippen molar-refractivity contribution in [2.24, 2.45) is 11.8 Å². The molecule has 2 nitrogen and oxygen atoms in total. The number of hydrogen-bond donors (Lipinski definition) is 0. The van der Waals surface area contributed by atoms with Gasteiger partial charge in [0.25, 0.3) is 0 Å². The molecule has 13 heavy (non-hydrogen) atoms. The Morgan fingerprint density at radius 1 is 1.31 bits per heavy atom. The van der Waals surface area contributed by atoms with Crippen molar-refractivity contribution in [2.45, 2.75) is 26.9 Å². The first kappa shape index (κ1) is 13.4. The van der Waals surface area contributed by atoms with Crippen LogP contribution in [-0.4, -0.2) is 20.0 Å². The minimum absolute atomic E-state index is 0.242. The lowest BCUT2D eigenvalue weighted by molar-refractivity contribution is -0.0985. The highest BCUT2D eigenvalue weighted by molar-refractivity contribution is 14.1. The van der Waals surface area contributed by atoms with Crippen molar-refractivity contribution in [3.05, 3.63) is 10.2 Å². The van der Waals surface area contributed by atoms with Crippen LogP contribution in [-0.2, 0) is 9.47 Å². The minimum Gasteiger partial charge on any atom is -0.359 e. The van der Waals surface area contributed by atoms with Gasteiger partial charge in [0.05, 0.1) is 6.10 Å². The maximum absolute atomic E-state index is 5.59. The number of methoxy groups -OCH3 is 1. The van der Waals surface area contributed by atoms with Crippen molar-refractivity contribution in [3.8, 4) is 0 Å². The van der Waals surface area contributed by atoms with Gasteiger partial charge >= 0.3 is 0 Å². The topological polar surface area (TPSA) is 18.5 Å². The lowest BCUT2D eigenvalue weighted by Gasteiger charge is -2.25. The van der Waals surface area contributed by atoms with Crippen LogP contribution in [0.2, 0.25) is 0 Å². The van der Waals surface area contributed by atoms with Crippen molar-refractivity contribution in [1.82, 2.24) is 0 Å². The quantitative estimate of drug-likeness (QED) is 0.554. The van der Waals surface area contributed by atoms with Crippen LogP contribution in [0.1, 0.15) is 20.8 Å². The molecule has 0 rings (SSSR count). The van der Waals surface area contributed by atoms with Gasteiger partial charge in [0.2, 0.25) is 0 Å². The molecule has 0 amide bonds. The van der Waals surface area contributed by atoms with E-state index < -0.39 is 0 Å². The van der Waals surface area contributed by atoms with E-state index in [-0.39, 0.29) is 6.10 Å². The van der Waals surface area contributed by atoms with Gasteiger partial charge in [-0.25, -0.2) is 0 Å². The van der Waals surface area contributed by atoms with E-state index in [4.69, 9.17) is 9.47 Å². The zero-order valence-electron chi connectivity index (χ0n) is 8.79. The Morgan fingerprint density at radius 3 is 2.31 bits per heavy atom. The van der Waals surface area contributed by atoms with Gasteiger partial charge in [-0.2, -0.15) is 0 Å². The van der Waals surface area contributed by atoms with Crippen LogP contribution in [0.3, 0.4) is 0 Å². The average molecular weight is 298 g/mol. The van der Waals surface area contributed by atoms with Crippen molar-refractivity contribution in [3.63, 3.8) is 0 Å². The summed E-state index contributed by atoms with van der Waals surface area (Å²) in [5.74, 6) is 0.949. The Balaban J connectivity index is 4.06. The molecule has 0 aliphatic heterocycles. The Labute approximate surface area is 94.8 Å². The molecule has 0 N–H and O–H groups in total. The summed E-state index contributed by atoms with van der Waals surface area (Å²) in [6.45, 7) is 6.87. The molecule has 0 bridgehead atoms. The molecule has 78 valence electrons. The fourth-order valence-corrected chi connectivity index (χ4v) is 1.98. The Kier molecular flexibility index (Phi) is 8.00. The monoisotopic (exact) mass is 298 g/mol. The predicted molar refractivity (Wildman–Crippen MR) is 63.9 cm³/mol. The highest BCUT2D eigenvalue weighted by atomic mass is 127.